The van der Waals surface area contributed by atoms with E-state index in [1.165, 1.54) is 0 Å². The van der Waals surface area contributed by atoms with Crippen LogP contribution in [0.5, 0.6) is 0 Å². The third kappa shape index (κ3) is 6.49. The van der Waals surface area contributed by atoms with Gasteiger partial charge in [0.05, 0.1) is 27.2 Å². The lowest BCUT2D eigenvalue weighted by atomic mass is 9.77. The molecular weight excluding hydrogens is 326 g/mol. The SMILES string of the molecule is CCC(O)CCC(=O)C(O)(CC(=O)[O-])C(C(=O)C(C)CC)[N+](C)(C)C. The third-order valence-corrected chi connectivity index (χ3v) is 4.67. The van der Waals surface area contributed by atoms with Gasteiger partial charge < -0.3 is 24.6 Å². The van der Waals surface area contributed by atoms with Crippen molar-refractivity contribution in [3.05, 3.63) is 0 Å². The van der Waals surface area contributed by atoms with E-state index in [-0.39, 0.29) is 23.1 Å². The molecule has 0 saturated heterocycles. The van der Waals surface area contributed by atoms with E-state index in [4.69, 9.17) is 0 Å². The fraction of sp³-hybridized carbons (Fsp3) is 0.833. The molecule has 0 rings (SSSR count). The number of hydrogen-bond donors (Lipinski definition) is 2. The highest BCUT2D eigenvalue weighted by Gasteiger charge is 2.54. The van der Waals surface area contributed by atoms with Crippen molar-refractivity contribution in [1.29, 1.82) is 0 Å². The lowest BCUT2D eigenvalue weighted by Gasteiger charge is -2.43. The van der Waals surface area contributed by atoms with Gasteiger partial charge in [0, 0.05) is 24.7 Å². The molecule has 0 bridgehead atoms. The van der Waals surface area contributed by atoms with Crippen LogP contribution in [0.1, 0.15) is 52.9 Å². The highest BCUT2D eigenvalue weighted by molar-refractivity contribution is 5.99. The van der Waals surface area contributed by atoms with Crippen molar-refractivity contribution in [3.8, 4) is 0 Å². The van der Waals surface area contributed by atoms with Crippen LogP contribution in [0.15, 0.2) is 0 Å². The van der Waals surface area contributed by atoms with Crippen LogP contribution in [-0.2, 0) is 14.4 Å². The normalized spacial score (nSPS) is 18.1. The second-order valence-corrected chi connectivity index (χ2v) is 7.73. The summed E-state index contributed by atoms with van der Waals surface area (Å²) in [7, 11) is 4.91. The summed E-state index contributed by atoms with van der Waals surface area (Å²) in [5.74, 6) is -3.13. The Labute approximate surface area is 150 Å². The second-order valence-electron chi connectivity index (χ2n) is 7.73. The van der Waals surface area contributed by atoms with Crippen LogP contribution in [0, 0.1) is 5.92 Å². The highest BCUT2D eigenvalue weighted by Crippen LogP contribution is 2.29. The number of aliphatic hydroxyl groups is 2. The molecule has 0 aromatic rings. The maximum absolute atomic E-state index is 12.9. The summed E-state index contributed by atoms with van der Waals surface area (Å²) < 4.78 is -0.0883. The molecule has 0 amide bonds. The van der Waals surface area contributed by atoms with Gasteiger partial charge in [-0.2, -0.15) is 0 Å². The molecule has 0 aromatic heterocycles. The van der Waals surface area contributed by atoms with Crippen LogP contribution in [0.25, 0.3) is 0 Å². The number of quaternary nitrogens is 1. The van der Waals surface area contributed by atoms with Crippen molar-refractivity contribution in [1.82, 2.24) is 0 Å². The molecule has 0 fully saturated rings. The van der Waals surface area contributed by atoms with Gasteiger partial charge in [0.2, 0.25) is 0 Å². The first-order valence-electron chi connectivity index (χ1n) is 8.79. The van der Waals surface area contributed by atoms with E-state index in [9.17, 15) is 29.7 Å². The Hall–Kier alpha value is -1.31. The summed E-state index contributed by atoms with van der Waals surface area (Å²) in [6.45, 7) is 5.26. The maximum Gasteiger partial charge on any atom is 0.196 e. The van der Waals surface area contributed by atoms with Crippen molar-refractivity contribution in [3.63, 3.8) is 0 Å². The number of carbonyl (C=O) groups is 3. The van der Waals surface area contributed by atoms with Crippen molar-refractivity contribution in [2.75, 3.05) is 21.1 Å². The zero-order valence-electron chi connectivity index (χ0n) is 16.2. The van der Waals surface area contributed by atoms with Gasteiger partial charge in [-0.25, -0.2) is 0 Å². The minimum Gasteiger partial charge on any atom is -0.550 e. The fourth-order valence-corrected chi connectivity index (χ4v) is 3.01. The van der Waals surface area contributed by atoms with Crippen molar-refractivity contribution in [2.45, 2.75) is 70.6 Å². The molecule has 4 unspecified atom stereocenters. The topological polar surface area (TPSA) is 115 Å². The van der Waals surface area contributed by atoms with Crippen molar-refractivity contribution < 1.29 is 34.2 Å². The molecular formula is C18H33NO6. The molecule has 0 saturated carbocycles. The minimum absolute atomic E-state index is 0.0883. The van der Waals surface area contributed by atoms with Gasteiger partial charge >= 0.3 is 0 Å². The first-order valence-corrected chi connectivity index (χ1v) is 8.79. The summed E-state index contributed by atoms with van der Waals surface area (Å²) in [5, 5.41) is 31.9. The van der Waals surface area contributed by atoms with E-state index < -0.39 is 41.8 Å². The molecule has 7 heteroatoms. The molecule has 0 aliphatic rings. The molecule has 0 spiro atoms. The molecule has 0 aromatic carbocycles. The number of Topliss-reactive ketones (excluding diaryl/α,β-unsaturated/α-hetero) is 2. The van der Waals surface area contributed by atoms with Crippen LogP contribution < -0.4 is 5.11 Å². The van der Waals surface area contributed by atoms with Crippen LogP contribution in [-0.4, -0.2) is 71.1 Å². The molecule has 0 heterocycles. The first kappa shape index (κ1) is 23.7. The van der Waals surface area contributed by atoms with Crippen LogP contribution in [0.3, 0.4) is 0 Å². The number of carboxylic acids is 1. The molecule has 7 nitrogen and oxygen atoms in total. The van der Waals surface area contributed by atoms with Crippen LogP contribution in [0.2, 0.25) is 0 Å². The quantitative estimate of drug-likeness (QED) is 0.461. The monoisotopic (exact) mass is 359 g/mol. The Morgan fingerprint density at radius 2 is 1.64 bits per heavy atom. The number of aliphatic carboxylic acids is 1. The smallest absolute Gasteiger partial charge is 0.196 e. The average Bonchev–Trinajstić information content (AvgIpc) is 2.48. The second kappa shape index (κ2) is 9.40. The predicted molar refractivity (Wildman–Crippen MR) is 91.4 cm³/mol. The van der Waals surface area contributed by atoms with E-state index in [1.54, 1.807) is 35.0 Å². The van der Waals surface area contributed by atoms with E-state index in [0.29, 0.717) is 12.8 Å². The number of hydrogen-bond acceptors (Lipinski definition) is 6. The first-order chi connectivity index (χ1) is 11.3. The van der Waals surface area contributed by atoms with Crippen LogP contribution >= 0.6 is 0 Å². The summed E-state index contributed by atoms with van der Waals surface area (Å²) in [4.78, 5) is 36.8. The molecule has 0 aliphatic carbocycles. The van der Waals surface area contributed by atoms with E-state index >= 15 is 0 Å². The Bertz CT molecular complexity index is 484. The molecule has 4 atom stereocenters. The Morgan fingerprint density at radius 1 is 1.12 bits per heavy atom. The summed E-state index contributed by atoms with van der Waals surface area (Å²) in [6.07, 6.45) is -0.814. The van der Waals surface area contributed by atoms with Gasteiger partial charge in [0.1, 0.15) is 0 Å². The molecule has 0 aliphatic heterocycles. The summed E-state index contributed by atoms with van der Waals surface area (Å²) in [6, 6.07) is -1.23. The molecule has 0 radical (unpaired) electrons. The molecule has 146 valence electrons. The minimum atomic E-state index is -2.37. The maximum atomic E-state index is 12.9. The molecule has 2 N–H and O–H groups in total. The number of rotatable bonds is 12. The number of ketones is 2. The Morgan fingerprint density at radius 3 is 2.00 bits per heavy atom. The fourth-order valence-electron chi connectivity index (χ4n) is 3.01. The number of carboxylic acid groups (broad SMARTS) is 1. The lowest BCUT2D eigenvalue weighted by molar-refractivity contribution is -0.892. The highest BCUT2D eigenvalue weighted by atomic mass is 16.4. The van der Waals surface area contributed by atoms with E-state index in [2.05, 4.69) is 0 Å². The number of aliphatic hydroxyl groups excluding tert-OH is 1. The number of nitrogens with zero attached hydrogens (tertiary/aromatic N) is 1. The van der Waals surface area contributed by atoms with E-state index in [1.807, 2.05) is 6.92 Å². The van der Waals surface area contributed by atoms with Crippen molar-refractivity contribution in [2.24, 2.45) is 5.92 Å². The van der Waals surface area contributed by atoms with Gasteiger partial charge in [-0.15, -0.1) is 0 Å². The van der Waals surface area contributed by atoms with Crippen LogP contribution in [0.4, 0.5) is 0 Å². The van der Waals surface area contributed by atoms with Gasteiger partial charge in [-0.3, -0.25) is 9.59 Å². The van der Waals surface area contributed by atoms with Gasteiger partial charge in [0.15, 0.2) is 23.2 Å². The average molecular weight is 359 g/mol. The van der Waals surface area contributed by atoms with Crippen molar-refractivity contribution >= 4 is 17.5 Å². The zero-order valence-corrected chi connectivity index (χ0v) is 16.2. The standard InChI is InChI=1S/C18H33NO6/c1-7-12(3)16(24)17(19(4,5)6)18(25,11-15(22)23)14(21)10-9-13(20)8-2/h12-13,17,20,25H,7-11H2,1-6H3. The predicted octanol–water partition coefficient (Wildman–Crippen LogP) is -0.332. The lowest BCUT2D eigenvalue weighted by Crippen LogP contribution is -2.67. The number of likely N-dealkylation sites (N-methyl/N-ethyl adjacent to an activating group) is 1. The summed E-state index contributed by atoms with van der Waals surface area (Å²) >= 11 is 0. The Balaban J connectivity index is 5.92. The van der Waals surface area contributed by atoms with E-state index in [0.717, 1.165) is 0 Å². The van der Waals surface area contributed by atoms with Gasteiger partial charge in [-0.05, 0) is 19.3 Å². The molecule has 25 heavy (non-hydrogen) atoms. The number of carbonyl (C=O) groups excluding carboxylic acids is 3. The zero-order chi connectivity index (χ0) is 20.0. The summed E-state index contributed by atoms with van der Waals surface area (Å²) in [5.41, 5.74) is -2.37. The van der Waals surface area contributed by atoms with Gasteiger partial charge in [-0.1, -0.05) is 20.8 Å². The van der Waals surface area contributed by atoms with Gasteiger partial charge in [0.25, 0.3) is 0 Å². The largest absolute Gasteiger partial charge is 0.550 e. The third-order valence-electron chi connectivity index (χ3n) is 4.67. The Kier molecular flexibility index (Phi) is 8.91.